The molecule has 2 aromatic carbocycles. The Hall–Kier alpha value is -1.97. The number of fused-ring (bicyclic) bond motifs is 1. The summed E-state index contributed by atoms with van der Waals surface area (Å²) < 4.78 is 8.37. The lowest BCUT2D eigenvalue weighted by atomic mass is 10.1. The van der Waals surface area contributed by atoms with Crippen molar-refractivity contribution in [3.8, 4) is 5.75 Å². The number of hydrogen-bond donors (Lipinski definition) is 0. The zero-order valence-electron chi connectivity index (χ0n) is 15.2. The Labute approximate surface area is 160 Å². The molecule has 0 aliphatic carbocycles. The molecule has 0 N–H and O–H groups in total. The third-order valence-corrected chi connectivity index (χ3v) is 5.58. The summed E-state index contributed by atoms with van der Waals surface area (Å²) >= 11 is 6.09. The lowest BCUT2D eigenvalue weighted by Gasteiger charge is -2.26. The molecule has 2 heterocycles. The minimum Gasteiger partial charge on any atom is -0.487 e. The molecule has 0 atom stereocenters. The Morgan fingerprint density at radius 3 is 2.62 bits per heavy atom. The van der Waals surface area contributed by atoms with Crippen LogP contribution in [0.5, 0.6) is 5.75 Å². The fourth-order valence-electron chi connectivity index (χ4n) is 3.93. The highest BCUT2D eigenvalue weighted by Crippen LogP contribution is 2.29. The van der Waals surface area contributed by atoms with Crippen molar-refractivity contribution in [2.24, 2.45) is 7.05 Å². The number of para-hydroxylation sites is 1. The predicted octanol–water partition coefficient (Wildman–Crippen LogP) is 5.40. The minimum absolute atomic E-state index is 0.550. The van der Waals surface area contributed by atoms with E-state index in [2.05, 4.69) is 40.8 Å². The fraction of sp³-hybridized carbons (Fsp3) is 0.364. The van der Waals surface area contributed by atoms with E-state index in [9.17, 15) is 0 Å². The molecular formula is C22H25ClN2O. The first kappa shape index (κ1) is 17.4. The molecule has 3 aromatic rings. The number of likely N-dealkylation sites (tertiary alicyclic amines) is 1. The van der Waals surface area contributed by atoms with E-state index in [0.29, 0.717) is 11.6 Å². The molecular weight excluding hydrogens is 344 g/mol. The van der Waals surface area contributed by atoms with E-state index in [4.69, 9.17) is 16.3 Å². The number of aryl methyl sites for hydroxylation is 1. The van der Waals surface area contributed by atoms with Gasteiger partial charge >= 0.3 is 0 Å². The highest BCUT2D eigenvalue weighted by Gasteiger charge is 2.19. The van der Waals surface area contributed by atoms with Crippen molar-refractivity contribution in [1.29, 1.82) is 0 Å². The van der Waals surface area contributed by atoms with Crippen LogP contribution in [0.2, 0.25) is 5.02 Å². The Kier molecular flexibility index (Phi) is 5.18. The van der Waals surface area contributed by atoms with Gasteiger partial charge in [0, 0.05) is 29.5 Å². The van der Waals surface area contributed by atoms with Gasteiger partial charge in [0.05, 0.1) is 5.69 Å². The van der Waals surface area contributed by atoms with Crippen LogP contribution in [0.1, 0.15) is 30.5 Å². The lowest BCUT2D eigenvalue weighted by molar-refractivity contribution is 0.218. The molecule has 0 unspecified atom stereocenters. The number of hydrogen-bond acceptors (Lipinski definition) is 2. The summed E-state index contributed by atoms with van der Waals surface area (Å²) in [6.45, 7) is 3.93. The third-order valence-electron chi connectivity index (χ3n) is 5.35. The van der Waals surface area contributed by atoms with Crippen LogP contribution in [0, 0.1) is 0 Å². The molecule has 0 saturated carbocycles. The van der Waals surface area contributed by atoms with E-state index in [1.807, 2.05) is 24.3 Å². The number of ether oxygens (including phenoxy) is 1. The molecule has 0 spiro atoms. The van der Waals surface area contributed by atoms with E-state index in [1.165, 1.54) is 54.5 Å². The molecule has 1 aromatic heterocycles. The van der Waals surface area contributed by atoms with Gasteiger partial charge in [-0.2, -0.15) is 0 Å². The molecule has 1 saturated heterocycles. The average Bonchev–Trinajstić information content (AvgIpc) is 2.93. The highest BCUT2D eigenvalue weighted by atomic mass is 35.5. The van der Waals surface area contributed by atoms with Gasteiger partial charge in [-0.3, -0.25) is 4.90 Å². The Bertz CT molecular complexity index is 896. The molecule has 1 fully saturated rings. The van der Waals surface area contributed by atoms with Crippen LogP contribution >= 0.6 is 11.6 Å². The smallest absolute Gasteiger partial charge is 0.129 e. The molecule has 0 radical (unpaired) electrons. The first-order valence-electron chi connectivity index (χ1n) is 9.38. The van der Waals surface area contributed by atoms with E-state index in [-0.39, 0.29) is 0 Å². The van der Waals surface area contributed by atoms with Crippen molar-refractivity contribution >= 4 is 22.5 Å². The van der Waals surface area contributed by atoms with Gasteiger partial charge in [-0.15, -0.1) is 0 Å². The summed E-state index contributed by atoms with van der Waals surface area (Å²) in [6.07, 6.45) is 3.97. The van der Waals surface area contributed by atoms with Crippen molar-refractivity contribution in [2.45, 2.75) is 32.4 Å². The molecule has 0 amide bonds. The predicted molar refractivity (Wildman–Crippen MR) is 108 cm³/mol. The van der Waals surface area contributed by atoms with Crippen LogP contribution in [0.4, 0.5) is 0 Å². The quantitative estimate of drug-likeness (QED) is 0.600. The van der Waals surface area contributed by atoms with Gasteiger partial charge < -0.3 is 9.30 Å². The molecule has 26 heavy (non-hydrogen) atoms. The Morgan fingerprint density at radius 2 is 1.81 bits per heavy atom. The van der Waals surface area contributed by atoms with Gasteiger partial charge in [-0.05, 0) is 55.8 Å². The lowest BCUT2D eigenvalue weighted by Crippen LogP contribution is -2.29. The van der Waals surface area contributed by atoms with Crippen molar-refractivity contribution in [1.82, 2.24) is 9.47 Å². The monoisotopic (exact) mass is 368 g/mol. The Morgan fingerprint density at radius 1 is 1.00 bits per heavy atom. The van der Waals surface area contributed by atoms with Crippen molar-refractivity contribution in [2.75, 3.05) is 13.1 Å². The average molecular weight is 369 g/mol. The molecule has 1 aliphatic rings. The summed E-state index contributed by atoms with van der Waals surface area (Å²) in [5, 5.41) is 2.04. The van der Waals surface area contributed by atoms with Crippen molar-refractivity contribution in [3.63, 3.8) is 0 Å². The van der Waals surface area contributed by atoms with E-state index >= 15 is 0 Å². The summed E-state index contributed by atoms with van der Waals surface area (Å²) in [7, 11) is 2.14. The maximum Gasteiger partial charge on any atom is 0.129 e. The van der Waals surface area contributed by atoms with Crippen molar-refractivity contribution in [3.05, 3.63) is 64.8 Å². The number of nitrogens with zero attached hydrogens (tertiary/aromatic N) is 2. The molecule has 1 aliphatic heterocycles. The van der Waals surface area contributed by atoms with Crippen LogP contribution in [0.3, 0.4) is 0 Å². The SMILES string of the molecule is Cn1c(COc2cccc(Cl)c2)c(CN2CCCCC2)c2ccccc21. The maximum absolute atomic E-state index is 6.09. The standard InChI is InChI=1S/C22H25ClN2O/c1-24-21-11-4-3-10-19(21)20(15-25-12-5-2-6-13-25)22(24)16-26-18-9-7-8-17(23)14-18/h3-4,7-11,14H,2,5-6,12-13,15-16H2,1H3. The molecule has 3 nitrogen and oxygen atoms in total. The Balaban J connectivity index is 1.65. The summed E-state index contributed by atoms with van der Waals surface area (Å²) in [5.41, 5.74) is 3.91. The molecule has 0 bridgehead atoms. The van der Waals surface area contributed by atoms with Crippen LogP contribution in [-0.2, 0) is 20.2 Å². The molecule has 4 rings (SSSR count). The second-order valence-corrected chi connectivity index (χ2v) is 7.52. The van der Waals surface area contributed by atoms with Gasteiger partial charge in [-0.25, -0.2) is 0 Å². The summed E-state index contributed by atoms with van der Waals surface area (Å²) in [5.74, 6) is 0.812. The van der Waals surface area contributed by atoms with E-state index in [1.54, 1.807) is 0 Å². The van der Waals surface area contributed by atoms with Gasteiger partial charge in [0.25, 0.3) is 0 Å². The third kappa shape index (κ3) is 3.60. The summed E-state index contributed by atoms with van der Waals surface area (Å²) in [6, 6.07) is 16.3. The largest absolute Gasteiger partial charge is 0.487 e. The van der Waals surface area contributed by atoms with Crippen LogP contribution in [-0.4, -0.2) is 22.6 Å². The molecule has 136 valence electrons. The maximum atomic E-state index is 6.09. The summed E-state index contributed by atoms with van der Waals surface area (Å²) in [4.78, 5) is 2.58. The van der Waals surface area contributed by atoms with Crippen LogP contribution < -0.4 is 4.74 Å². The molecule has 4 heteroatoms. The highest BCUT2D eigenvalue weighted by molar-refractivity contribution is 6.30. The normalized spacial score (nSPS) is 15.5. The van der Waals surface area contributed by atoms with E-state index in [0.717, 1.165) is 12.3 Å². The topological polar surface area (TPSA) is 17.4 Å². The minimum atomic E-state index is 0.550. The fourth-order valence-corrected chi connectivity index (χ4v) is 4.11. The van der Waals surface area contributed by atoms with Gasteiger partial charge in [-0.1, -0.05) is 42.3 Å². The van der Waals surface area contributed by atoms with Crippen LogP contribution in [0.15, 0.2) is 48.5 Å². The first-order chi connectivity index (χ1) is 12.7. The van der Waals surface area contributed by atoms with Gasteiger partial charge in [0.1, 0.15) is 12.4 Å². The van der Waals surface area contributed by atoms with Gasteiger partial charge in [0.2, 0.25) is 0 Å². The number of piperidine rings is 1. The second kappa shape index (κ2) is 7.73. The zero-order chi connectivity index (χ0) is 17.9. The zero-order valence-corrected chi connectivity index (χ0v) is 16.0. The van der Waals surface area contributed by atoms with Gasteiger partial charge in [0.15, 0.2) is 0 Å². The van der Waals surface area contributed by atoms with Crippen molar-refractivity contribution < 1.29 is 4.74 Å². The second-order valence-electron chi connectivity index (χ2n) is 7.08. The first-order valence-corrected chi connectivity index (χ1v) is 9.76. The number of rotatable bonds is 5. The number of benzene rings is 2. The number of halogens is 1. The van der Waals surface area contributed by atoms with Crippen LogP contribution in [0.25, 0.3) is 10.9 Å². The number of aromatic nitrogens is 1. The van der Waals surface area contributed by atoms with E-state index < -0.39 is 0 Å².